The monoisotopic (exact) mass is 337 g/mol. The second kappa shape index (κ2) is 8.01. The number of carbonyl (C=O) groups excluding carboxylic acids is 1. The maximum absolute atomic E-state index is 12.1. The molecule has 0 unspecified atom stereocenters. The molecule has 1 aromatic carbocycles. The minimum absolute atomic E-state index is 0.189. The molecule has 2 aromatic heterocycles. The number of amides is 1. The van der Waals surface area contributed by atoms with Crippen molar-refractivity contribution in [2.75, 3.05) is 12.4 Å². The van der Waals surface area contributed by atoms with Crippen LogP contribution in [0.25, 0.3) is 0 Å². The molecule has 0 aliphatic heterocycles. The second-order valence-corrected chi connectivity index (χ2v) is 5.40. The fourth-order valence-electron chi connectivity index (χ4n) is 2.25. The summed E-state index contributed by atoms with van der Waals surface area (Å²) >= 11 is 0. The normalized spacial score (nSPS) is 10.3. The summed E-state index contributed by atoms with van der Waals surface area (Å²) in [6.45, 7) is 0.990. The van der Waals surface area contributed by atoms with Gasteiger partial charge in [0, 0.05) is 12.7 Å². The molecule has 0 fully saturated rings. The minimum Gasteiger partial charge on any atom is -0.497 e. The summed E-state index contributed by atoms with van der Waals surface area (Å²) in [5.74, 6) is 2.05. The first-order valence-electron chi connectivity index (χ1n) is 7.88. The molecule has 0 aliphatic carbocycles. The van der Waals surface area contributed by atoms with E-state index in [0.29, 0.717) is 30.2 Å². The first-order valence-corrected chi connectivity index (χ1v) is 7.88. The third-order valence-electron chi connectivity index (χ3n) is 3.66. The van der Waals surface area contributed by atoms with Crippen molar-refractivity contribution in [2.24, 2.45) is 0 Å². The third kappa shape index (κ3) is 4.60. The molecule has 1 amide bonds. The topological polar surface area (TPSA) is 76.4 Å². The Morgan fingerprint density at radius 3 is 2.60 bits per heavy atom. The first-order chi connectivity index (χ1) is 12.2. The van der Waals surface area contributed by atoms with Crippen LogP contribution >= 0.6 is 0 Å². The van der Waals surface area contributed by atoms with Crippen LogP contribution in [0.1, 0.15) is 21.7 Å². The van der Waals surface area contributed by atoms with Gasteiger partial charge in [-0.1, -0.05) is 12.1 Å². The SMILES string of the molecule is COc1ccc(CNc2ccc(C(=O)NCc3ccco3)cn2)cc1. The molecule has 0 bridgehead atoms. The summed E-state index contributed by atoms with van der Waals surface area (Å²) in [4.78, 5) is 16.3. The number of carbonyl (C=O) groups is 1. The number of aromatic nitrogens is 1. The standard InChI is InChI=1S/C19H19N3O3/c1-24-16-7-4-14(5-8-16)11-20-18-9-6-15(12-21-18)19(23)22-13-17-3-2-10-25-17/h2-10,12H,11,13H2,1H3,(H,20,21)(H,22,23). The largest absolute Gasteiger partial charge is 0.497 e. The van der Waals surface area contributed by atoms with Gasteiger partial charge in [0.1, 0.15) is 17.3 Å². The van der Waals surface area contributed by atoms with Crippen LogP contribution < -0.4 is 15.4 Å². The van der Waals surface area contributed by atoms with Gasteiger partial charge >= 0.3 is 0 Å². The lowest BCUT2D eigenvalue weighted by Gasteiger charge is -2.08. The fraction of sp³-hybridized carbons (Fsp3) is 0.158. The average molecular weight is 337 g/mol. The van der Waals surface area contributed by atoms with Crippen molar-refractivity contribution in [3.8, 4) is 5.75 Å². The summed E-state index contributed by atoms with van der Waals surface area (Å²) in [6.07, 6.45) is 3.13. The maximum Gasteiger partial charge on any atom is 0.253 e. The number of ether oxygens (including phenoxy) is 1. The number of nitrogens with one attached hydrogen (secondary N) is 2. The Kier molecular flexibility index (Phi) is 5.31. The van der Waals surface area contributed by atoms with Gasteiger partial charge in [-0.05, 0) is 42.0 Å². The summed E-state index contributed by atoms with van der Waals surface area (Å²) < 4.78 is 10.3. The highest BCUT2D eigenvalue weighted by Gasteiger charge is 2.07. The van der Waals surface area contributed by atoms with Gasteiger partial charge in [-0.25, -0.2) is 4.98 Å². The first kappa shape index (κ1) is 16.6. The van der Waals surface area contributed by atoms with Gasteiger partial charge < -0.3 is 19.8 Å². The van der Waals surface area contributed by atoms with Crippen molar-refractivity contribution in [2.45, 2.75) is 13.1 Å². The maximum atomic E-state index is 12.1. The fourth-order valence-corrected chi connectivity index (χ4v) is 2.25. The van der Waals surface area contributed by atoms with E-state index < -0.39 is 0 Å². The zero-order valence-corrected chi connectivity index (χ0v) is 13.9. The quantitative estimate of drug-likeness (QED) is 0.692. The van der Waals surface area contributed by atoms with Crippen molar-refractivity contribution in [3.63, 3.8) is 0 Å². The zero-order chi connectivity index (χ0) is 17.5. The Morgan fingerprint density at radius 1 is 1.12 bits per heavy atom. The molecular weight excluding hydrogens is 318 g/mol. The van der Waals surface area contributed by atoms with Gasteiger partial charge in [-0.2, -0.15) is 0 Å². The molecular formula is C19H19N3O3. The van der Waals surface area contributed by atoms with Gasteiger partial charge in [0.25, 0.3) is 5.91 Å². The second-order valence-electron chi connectivity index (χ2n) is 5.40. The Morgan fingerprint density at radius 2 is 1.96 bits per heavy atom. The molecule has 2 N–H and O–H groups in total. The van der Waals surface area contributed by atoms with E-state index in [1.807, 2.05) is 30.3 Å². The molecule has 0 aliphatic rings. The highest BCUT2D eigenvalue weighted by molar-refractivity contribution is 5.93. The van der Waals surface area contributed by atoms with Gasteiger partial charge in [-0.3, -0.25) is 4.79 Å². The van der Waals surface area contributed by atoms with Crippen LogP contribution in [0.3, 0.4) is 0 Å². The van der Waals surface area contributed by atoms with Crippen LogP contribution in [-0.2, 0) is 13.1 Å². The highest BCUT2D eigenvalue weighted by atomic mass is 16.5. The number of benzene rings is 1. The van der Waals surface area contributed by atoms with E-state index in [9.17, 15) is 4.79 Å². The van der Waals surface area contributed by atoms with Crippen LogP contribution in [0.2, 0.25) is 0 Å². The molecule has 0 radical (unpaired) electrons. The van der Waals surface area contributed by atoms with Crippen molar-refractivity contribution in [1.29, 1.82) is 0 Å². The molecule has 3 aromatic rings. The number of anilines is 1. The highest BCUT2D eigenvalue weighted by Crippen LogP contribution is 2.13. The Bertz CT molecular complexity index is 797. The number of hydrogen-bond acceptors (Lipinski definition) is 5. The van der Waals surface area contributed by atoms with Crippen LogP contribution in [0.5, 0.6) is 5.75 Å². The molecule has 25 heavy (non-hydrogen) atoms. The van der Waals surface area contributed by atoms with Crippen molar-refractivity contribution < 1.29 is 13.9 Å². The van der Waals surface area contributed by atoms with Crippen LogP contribution in [0, 0.1) is 0 Å². The van der Waals surface area contributed by atoms with Crippen molar-refractivity contribution in [1.82, 2.24) is 10.3 Å². The minimum atomic E-state index is -0.189. The van der Waals surface area contributed by atoms with Gasteiger partial charge in [-0.15, -0.1) is 0 Å². The van der Waals surface area contributed by atoms with E-state index >= 15 is 0 Å². The molecule has 0 saturated carbocycles. The number of nitrogens with zero attached hydrogens (tertiary/aromatic N) is 1. The molecule has 0 saturated heterocycles. The molecule has 0 spiro atoms. The smallest absolute Gasteiger partial charge is 0.253 e. The Balaban J connectivity index is 1.51. The zero-order valence-electron chi connectivity index (χ0n) is 13.9. The number of furan rings is 1. The van der Waals surface area contributed by atoms with Gasteiger partial charge in [0.15, 0.2) is 0 Å². The summed E-state index contributed by atoms with van der Waals surface area (Å²) in [7, 11) is 1.64. The number of hydrogen-bond donors (Lipinski definition) is 2. The number of methoxy groups -OCH3 is 1. The molecule has 6 heteroatoms. The molecule has 2 heterocycles. The lowest BCUT2D eigenvalue weighted by Crippen LogP contribution is -2.22. The molecule has 3 rings (SSSR count). The van der Waals surface area contributed by atoms with Crippen LogP contribution in [0.4, 0.5) is 5.82 Å². The van der Waals surface area contributed by atoms with Gasteiger partial charge in [0.05, 0.1) is 25.5 Å². The Hall–Kier alpha value is -3.28. The van der Waals surface area contributed by atoms with Gasteiger partial charge in [0.2, 0.25) is 0 Å². The van der Waals surface area contributed by atoms with E-state index in [-0.39, 0.29) is 5.91 Å². The van der Waals surface area contributed by atoms with Crippen LogP contribution in [0.15, 0.2) is 65.4 Å². The van der Waals surface area contributed by atoms with E-state index in [0.717, 1.165) is 11.3 Å². The average Bonchev–Trinajstić information content (AvgIpc) is 3.19. The van der Waals surface area contributed by atoms with Crippen molar-refractivity contribution >= 4 is 11.7 Å². The van der Waals surface area contributed by atoms with E-state index in [1.54, 1.807) is 37.8 Å². The molecule has 0 atom stereocenters. The Labute approximate surface area is 145 Å². The summed E-state index contributed by atoms with van der Waals surface area (Å²) in [6, 6.07) is 14.9. The summed E-state index contributed by atoms with van der Waals surface area (Å²) in [5.41, 5.74) is 1.62. The lowest BCUT2D eigenvalue weighted by atomic mass is 10.2. The number of rotatable bonds is 7. The van der Waals surface area contributed by atoms with Crippen LogP contribution in [-0.4, -0.2) is 18.0 Å². The lowest BCUT2D eigenvalue weighted by molar-refractivity contribution is 0.0947. The van der Waals surface area contributed by atoms with Crippen molar-refractivity contribution in [3.05, 3.63) is 77.9 Å². The van der Waals surface area contributed by atoms with E-state index in [4.69, 9.17) is 9.15 Å². The third-order valence-corrected chi connectivity index (χ3v) is 3.66. The predicted octanol–water partition coefficient (Wildman–Crippen LogP) is 3.23. The molecule has 128 valence electrons. The van der Waals surface area contributed by atoms with E-state index in [2.05, 4.69) is 15.6 Å². The predicted molar refractivity (Wildman–Crippen MR) is 94.4 cm³/mol. The number of pyridine rings is 1. The van der Waals surface area contributed by atoms with E-state index in [1.165, 1.54) is 0 Å². The summed E-state index contributed by atoms with van der Waals surface area (Å²) in [5, 5.41) is 6.00. The molecule has 6 nitrogen and oxygen atoms in total.